The Labute approximate surface area is 121 Å². The molecule has 1 heterocycles. The van der Waals surface area contributed by atoms with E-state index in [4.69, 9.17) is 5.11 Å². The Morgan fingerprint density at radius 3 is 2.45 bits per heavy atom. The Morgan fingerprint density at radius 2 is 1.85 bits per heavy atom. The van der Waals surface area contributed by atoms with Crippen LogP contribution in [0.2, 0.25) is 0 Å². The Kier molecular flexibility index (Phi) is 5.06. The Bertz CT molecular complexity index is 361. The molecule has 1 atom stereocenters. The van der Waals surface area contributed by atoms with E-state index < -0.39 is 5.97 Å². The number of hydrogen-bond donors (Lipinski definition) is 1. The molecule has 1 aliphatic heterocycles. The van der Waals surface area contributed by atoms with E-state index in [1.807, 2.05) is 4.90 Å². The maximum absolute atomic E-state index is 12.6. The molecule has 1 unspecified atom stereocenters. The highest BCUT2D eigenvalue weighted by Gasteiger charge is 2.40. The van der Waals surface area contributed by atoms with Crippen molar-refractivity contribution >= 4 is 11.9 Å². The summed E-state index contributed by atoms with van der Waals surface area (Å²) in [6.45, 7) is 3.00. The van der Waals surface area contributed by atoms with Crippen LogP contribution in [-0.2, 0) is 9.59 Å². The van der Waals surface area contributed by atoms with Crippen molar-refractivity contribution < 1.29 is 14.7 Å². The van der Waals surface area contributed by atoms with Crippen molar-refractivity contribution in [3.63, 3.8) is 0 Å². The zero-order valence-electron chi connectivity index (χ0n) is 12.6. The van der Waals surface area contributed by atoms with E-state index in [0.29, 0.717) is 12.5 Å². The molecule has 0 bridgehead atoms. The van der Waals surface area contributed by atoms with Gasteiger partial charge in [-0.3, -0.25) is 9.59 Å². The number of carbonyl (C=O) groups is 2. The third-order valence-corrected chi connectivity index (χ3v) is 5.14. The number of aliphatic carboxylic acids is 1. The van der Waals surface area contributed by atoms with Gasteiger partial charge in [0.1, 0.15) is 0 Å². The number of rotatable bonds is 5. The second kappa shape index (κ2) is 6.59. The van der Waals surface area contributed by atoms with Crippen LogP contribution in [0.1, 0.15) is 71.1 Å². The third kappa shape index (κ3) is 3.53. The topological polar surface area (TPSA) is 57.6 Å². The molecule has 0 aromatic rings. The summed E-state index contributed by atoms with van der Waals surface area (Å²) >= 11 is 0. The fraction of sp³-hybridized carbons (Fsp3) is 0.875. The summed E-state index contributed by atoms with van der Waals surface area (Å²) in [7, 11) is 0. The number of amides is 1. The zero-order valence-corrected chi connectivity index (χ0v) is 12.6. The Hall–Kier alpha value is -1.06. The number of likely N-dealkylation sites (tertiary alicyclic amines) is 1. The lowest BCUT2D eigenvalue weighted by atomic mass is 9.78. The Balaban J connectivity index is 2.02. The van der Waals surface area contributed by atoms with Gasteiger partial charge in [0.05, 0.1) is 6.42 Å². The lowest BCUT2D eigenvalue weighted by Gasteiger charge is -2.38. The summed E-state index contributed by atoms with van der Waals surface area (Å²) in [5, 5.41) is 9.14. The van der Waals surface area contributed by atoms with E-state index in [-0.39, 0.29) is 17.7 Å². The average Bonchev–Trinajstić information content (AvgIpc) is 2.85. The van der Waals surface area contributed by atoms with Gasteiger partial charge in [-0.25, -0.2) is 0 Å². The fourth-order valence-corrected chi connectivity index (χ4v) is 4.04. The van der Waals surface area contributed by atoms with Crippen molar-refractivity contribution in [3.8, 4) is 0 Å². The monoisotopic (exact) mass is 281 g/mol. The molecule has 4 nitrogen and oxygen atoms in total. The SMILES string of the molecule is CCC1CCCCN1C(=O)CC1(CC(=O)O)CCCC1. The third-order valence-electron chi connectivity index (χ3n) is 5.14. The van der Waals surface area contributed by atoms with E-state index in [0.717, 1.165) is 51.5 Å². The number of carboxylic acids is 1. The van der Waals surface area contributed by atoms with E-state index in [9.17, 15) is 9.59 Å². The van der Waals surface area contributed by atoms with Gasteiger partial charge >= 0.3 is 5.97 Å². The smallest absolute Gasteiger partial charge is 0.303 e. The van der Waals surface area contributed by atoms with Crippen LogP contribution in [0.5, 0.6) is 0 Å². The molecular formula is C16H27NO3. The lowest BCUT2D eigenvalue weighted by Crippen LogP contribution is -2.45. The second-order valence-electron chi connectivity index (χ2n) is 6.60. The molecule has 2 fully saturated rings. The number of carbonyl (C=O) groups excluding carboxylic acids is 1. The van der Waals surface area contributed by atoms with Crippen LogP contribution in [0.25, 0.3) is 0 Å². The normalized spacial score (nSPS) is 25.6. The van der Waals surface area contributed by atoms with Gasteiger partial charge < -0.3 is 10.0 Å². The predicted molar refractivity (Wildman–Crippen MR) is 77.4 cm³/mol. The molecule has 2 rings (SSSR count). The number of carboxylic acid groups (broad SMARTS) is 1. The number of hydrogen-bond acceptors (Lipinski definition) is 2. The summed E-state index contributed by atoms with van der Waals surface area (Å²) in [5.41, 5.74) is -0.265. The van der Waals surface area contributed by atoms with Crippen molar-refractivity contribution in [2.75, 3.05) is 6.54 Å². The first-order valence-electron chi connectivity index (χ1n) is 8.07. The van der Waals surface area contributed by atoms with Crippen molar-refractivity contribution in [1.29, 1.82) is 0 Å². The molecule has 0 aromatic heterocycles. The van der Waals surface area contributed by atoms with Crippen LogP contribution < -0.4 is 0 Å². The van der Waals surface area contributed by atoms with Crippen LogP contribution in [-0.4, -0.2) is 34.5 Å². The van der Waals surface area contributed by atoms with Gasteiger partial charge in [0.2, 0.25) is 5.91 Å². The quantitative estimate of drug-likeness (QED) is 0.842. The summed E-state index contributed by atoms with van der Waals surface area (Å²) in [4.78, 5) is 25.8. The Morgan fingerprint density at radius 1 is 1.15 bits per heavy atom. The van der Waals surface area contributed by atoms with E-state index in [2.05, 4.69) is 6.92 Å². The van der Waals surface area contributed by atoms with Gasteiger partial charge in [0.25, 0.3) is 0 Å². The number of nitrogens with zero attached hydrogens (tertiary/aromatic N) is 1. The molecule has 1 saturated carbocycles. The van der Waals surface area contributed by atoms with Gasteiger partial charge in [0, 0.05) is 19.0 Å². The first-order valence-corrected chi connectivity index (χ1v) is 8.07. The average molecular weight is 281 g/mol. The number of piperidine rings is 1. The standard InChI is InChI=1S/C16H27NO3/c1-2-13-7-3-6-10-17(13)14(18)11-16(12-15(19)20)8-4-5-9-16/h13H,2-12H2,1H3,(H,19,20). The summed E-state index contributed by atoms with van der Waals surface area (Å²) < 4.78 is 0. The largest absolute Gasteiger partial charge is 0.481 e. The summed E-state index contributed by atoms with van der Waals surface area (Å²) in [5.74, 6) is -0.565. The van der Waals surface area contributed by atoms with Crippen LogP contribution in [0.15, 0.2) is 0 Å². The molecule has 1 saturated heterocycles. The van der Waals surface area contributed by atoms with Crippen molar-refractivity contribution in [3.05, 3.63) is 0 Å². The van der Waals surface area contributed by atoms with Gasteiger partial charge in [-0.15, -0.1) is 0 Å². The fourth-order valence-electron chi connectivity index (χ4n) is 4.04. The van der Waals surface area contributed by atoms with Gasteiger partial charge in [-0.1, -0.05) is 19.8 Å². The molecule has 1 amide bonds. The minimum absolute atomic E-state index is 0.156. The molecule has 1 aliphatic carbocycles. The highest BCUT2D eigenvalue weighted by atomic mass is 16.4. The second-order valence-corrected chi connectivity index (χ2v) is 6.60. The lowest BCUT2D eigenvalue weighted by molar-refractivity contribution is -0.142. The van der Waals surface area contributed by atoms with Gasteiger partial charge in [-0.05, 0) is 43.9 Å². The van der Waals surface area contributed by atoms with Gasteiger partial charge in [-0.2, -0.15) is 0 Å². The predicted octanol–water partition coefficient (Wildman–Crippen LogP) is 3.20. The van der Waals surface area contributed by atoms with E-state index in [1.54, 1.807) is 0 Å². The molecular weight excluding hydrogens is 254 g/mol. The summed E-state index contributed by atoms with van der Waals surface area (Å²) in [6.07, 6.45) is 8.95. The van der Waals surface area contributed by atoms with E-state index >= 15 is 0 Å². The van der Waals surface area contributed by atoms with Crippen molar-refractivity contribution in [2.45, 2.75) is 77.2 Å². The van der Waals surface area contributed by atoms with Crippen LogP contribution in [0.3, 0.4) is 0 Å². The van der Waals surface area contributed by atoms with Gasteiger partial charge in [0.15, 0.2) is 0 Å². The first kappa shape index (κ1) is 15.3. The molecule has 0 radical (unpaired) electrons. The first-order chi connectivity index (χ1) is 9.56. The molecule has 114 valence electrons. The van der Waals surface area contributed by atoms with E-state index in [1.165, 1.54) is 6.42 Å². The molecule has 2 aliphatic rings. The molecule has 1 N–H and O–H groups in total. The van der Waals surface area contributed by atoms with Crippen molar-refractivity contribution in [2.24, 2.45) is 5.41 Å². The highest BCUT2D eigenvalue weighted by Crippen LogP contribution is 2.44. The minimum Gasteiger partial charge on any atom is -0.481 e. The van der Waals surface area contributed by atoms with Crippen LogP contribution in [0, 0.1) is 5.41 Å². The molecule has 0 spiro atoms. The van der Waals surface area contributed by atoms with Crippen LogP contribution >= 0.6 is 0 Å². The maximum atomic E-state index is 12.6. The van der Waals surface area contributed by atoms with Crippen molar-refractivity contribution in [1.82, 2.24) is 4.90 Å². The maximum Gasteiger partial charge on any atom is 0.303 e. The zero-order chi connectivity index (χ0) is 14.6. The minimum atomic E-state index is -0.759. The highest BCUT2D eigenvalue weighted by molar-refractivity contribution is 5.78. The molecule has 4 heteroatoms. The summed E-state index contributed by atoms with van der Waals surface area (Å²) in [6, 6.07) is 0.375. The molecule has 20 heavy (non-hydrogen) atoms. The van der Waals surface area contributed by atoms with Crippen LogP contribution in [0.4, 0.5) is 0 Å². The molecule has 0 aromatic carbocycles.